The summed E-state index contributed by atoms with van der Waals surface area (Å²) in [4.78, 5) is 23.7. The van der Waals surface area contributed by atoms with Crippen molar-refractivity contribution in [2.45, 2.75) is 26.2 Å². The van der Waals surface area contributed by atoms with Crippen LogP contribution in [0.15, 0.2) is 54.6 Å². The molecule has 132 valence electrons. The van der Waals surface area contributed by atoms with Crippen LogP contribution in [-0.4, -0.2) is 25.0 Å². The fourth-order valence-corrected chi connectivity index (χ4v) is 2.38. The molecule has 0 fully saturated rings. The maximum Gasteiger partial charge on any atom is 0.233 e. The summed E-state index contributed by atoms with van der Waals surface area (Å²) in [7, 11) is 0. The van der Waals surface area contributed by atoms with Crippen LogP contribution in [0.4, 0.5) is 5.69 Å². The van der Waals surface area contributed by atoms with E-state index < -0.39 is 0 Å². The molecule has 0 saturated carbocycles. The third-order valence-electron chi connectivity index (χ3n) is 3.58. The lowest BCUT2D eigenvalue weighted by Crippen LogP contribution is -2.29. The third-order valence-corrected chi connectivity index (χ3v) is 3.58. The van der Waals surface area contributed by atoms with Crippen LogP contribution in [-0.2, 0) is 16.0 Å². The maximum atomic E-state index is 11.9. The number of carbonyl (C=O) groups is 2. The van der Waals surface area contributed by atoms with Gasteiger partial charge in [-0.3, -0.25) is 9.59 Å². The molecule has 2 aromatic rings. The van der Waals surface area contributed by atoms with Crippen molar-refractivity contribution in [1.29, 1.82) is 0 Å². The second-order valence-corrected chi connectivity index (χ2v) is 5.62. The first-order valence-corrected chi connectivity index (χ1v) is 8.50. The van der Waals surface area contributed by atoms with E-state index in [4.69, 9.17) is 4.74 Å². The number of benzene rings is 2. The zero-order valence-corrected chi connectivity index (χ0v) is 14.5. The first-order chi connectivity index (χ1) is 12.2. The number of nitrogens with one attached hydrogen (secondary N) is 2. The molecule has 0 saturated heterocycles. The molecule has 25 heavy (non-hydrogen) atoms. The standard InChI is InChI=1S/C20H24N2O3/c1-2-25-18-12-10-17(11-13-18)22-20(24)15-19(23)21-14-6-9-16-7-4-3-5-8-16/h3-5,7-8,10-13H,2,6,9,14-15H2,1H3,(H,21,23)(H,22,24). The molecular weight excluding hydrogens is 316 g/mol. The number of rotatable bonds is 9. The van der Waals surface area contributed by atoms with Crippen molar-refractivity contribution in [3.05, 3.63) is 60.2 Å². The van der Waals surface area contributed by atoms with Crippen LogP contribution >= 0.6 is 0 Å². The van der Waals surface area contributed by atoms with Gasteiger partial charge in [-0.05, 0) is 49.6 Å². The number of anilines is 1. The van der Waals surface area contributed by atoms with E-state index in [-0.39, 0.29) is 18.2 Å². The van der Waals surface area contributed by atoms with E-state index in [1.54, 1.807) is 24.3 Å². The normalized spacial score (nSPS) is 10.1. The van der Waals surface area contributed by atoms with Crippen molar-refractivity contribution >= 4 is 17.5 Å². The Hall–Kier alpha value is -2.82. The van der Waals surface area contributed by atoms with E-state index in [1.165, 1.54) is 5.56 Å². The average molecular weight is 340 g/mol. The van der Waals surface area contributed by atoms with Crippen LogP contribution < -0.4 is 15.4 Å². The predicted octanol–water partition coefficient (Wildman–Crippen LogP) is 3.16. The molecule has 0 heterocycles. The van der Waals surface area contributed by atoms with Crippen molar-refractivity contribution in [3.8, 4) is 5.75 Å². The van der Waals surface area contributed by atoms with Gasteiger partial charge >= 0.3 is 0 Å². The van der Waals surface area contributed by atoms with Crippen LogP contribution in [0.3, 0.4) is 0 Å². The summed E-state index contributed by atoms with van der Waals surface area (Å²) in [5, 5.41) is 5.48. The lowest BCUT2D eigenvalue weighted by Gasteiger charge is -2.08. The lowest BCUT2D eigenvalue weighted by atomic mass is 10.1. The fraction of sp³-hybridized carbons (Fsp3) is 0.300. The van der Waals surface area contributed by atoms with Gasteiger partial charge in [-0.1, -0.05) is 30.3 Å². The highest BCUT2D eigenvalue weighted by Crippen LogP contribution is 2.15. The van der Waals surface area contributed by atoms with E-state index in [0.29, 0.717) is 18.8 Å². The van der Waals surface area contributed by atoms with Crippen molar-refractivity contribution in [3.63, 3.8) is 0 Å². The Labute approximate surface area is 148 Å². The topological polar surface area (TPSA) is 67.4 Å². The molecule has 0 bridgehead atoms. The van der Waals surface area contributed by atoms with Crippen molar-refractivity contribution in [1.82, 2.24) is 5.32 Å². The second-order valence-electron chi connectivity index (χ2n) is 5.62. The maximum absolute atomic E-state index is 11.9. The minimum absolute atomic E-state index is 0.182. The summed E-state index contributed by atoms with van der Waals surface area (Å²) in [6.45, 7) is 3.06. The molecule has 0 aliphatic heterocycles. The van der Waals surface area contributed by atoms with Crippen LogP contribution in [0.2, 0.25) is 0 Å². The average Bonchev–Trinajstić information content (AvgIpc) is 2.61. The van der Waals surface area contributed by atoms with Gasteiger partial charge in [0.05, 0.1) is 6.61 Å². The van der Waals surface area contributed by atoms with Crippen LogP contribution in [0, 0.1) is 0 Å². The highest BCUT2D eigenvalue weighted by molar-refractivity contribution is 6.03. The summed E-state index contributed by atoms with van der Waals surface area (Å²) in [6.07, 6.45) is 1.56. The summed E-state index contributed by atoms with van der Waals surface area (Å²) >= 11 is 0. The zero-order valence-electron chi connectivity index (χ0n) is 14.5. The molecule has 0 aromatic heterocycles. The lowest BCUT2D eigenvalue weighted by molar-refractivity contribution is -0.126. The minimum Gasteiger partial charge on any atom is -0.494 e. The number of ether oxygens (including phenoxy) is 1. The zero-order chi connectivity index (χ0) is 17.9. The summed E-state index contributed by atoms with van der Waals surface area (Å²) in [5.74, 6) is 0.151. The van der Waals surface area contributed by atoms with Gasteiger partial charge in [0.1, 0.15) is 12.2 Å². The molecule has 5 nitrogen and oxygen atoms in total. The number of hydrogen-bond donors (Lipinski definition) is 2. The van der Waals surface area contributed by atoms with Gasteiger partial charge in [-0.15, -0.1) is 0 Å². The second kappa shape index (κ2) is 10.1. The van der Waals surface area contributed by atoms with E-state index in [2.05, 4.69) is 22.8 Å². The van der Waals surface area contributed by atoms with Gasteiger partial charge in [-0.25, -0.2) is 0 Å². The highest BCUT2D eigenvalue weighted by atomic mass is 16.5. The van der Waals surface area contributed by atoms with Gasteiger partial charge in [-0.2, -0.15) is 0 Å². The Kier molecular flexibility index (Phi) is 7.50. The van der Waals surface area contributed by atoms with Gasteiger partial charge in [0.2, 0.25) is 11.8 Å². The van der Waals surface area contributed by atoms with E-state index >= 15 is 0 Å². The van der Waals surface area contributed by atoms with E-state index in [1.807, 2.05) is 25.1 Å². The SMILES string of the molecule is CCOc1ccc(NC(=O)CC(=O)NCCCc2ccccc2)cc1. The van der Waals surface area contributed by atoms with Gasteiger partial charge in [0, 0.05) is 12.2 Å². The number of carbonyl (C=O) groups excluding carboxylic acids is 2. The highest BCUT2D eigenvalue weighted by Gasteiger charge is 2.09. The van der Waals surface area contributed by atoms with Gasteiger partial charge < -0.3 is 15.4 Å². The van der Waals surface area contributed by atoms with Gasteiger partial charge in [0.15, 0.2) is 0 Å². The molecule has 2 rings (SSSR count). The fourth-order valence-electron chi connectivity index (χ4n) is 2.38. The van der Waals surface area contributed by atoms with Crippen molar-refractivity contribution in [2.24, 2.45) is 0 Å². The van der Waals surface area contributed by atoms with Crippen LogP contribution in [0.25, 0.3) is 0 Å². The molecule has 0 radical (unpaired) electrons. The number of amides is 2. The minimum atomic E-state index is -0.329. The Morgan fingerprint density at radius 1 is 0.960 bits per heavy atom. The predicted molar refractivity (Wildman–Crippen MR) is 98.6 cm³/mol. The molecule has 0 atom stereocenters. The summed E-state index contributed by atoms with van der Waals surface area (Å²) in [6, 6.07) is 17.2. The molecule has 0 aliphatic rings. The quantitative estimate of drug-likeness (QED) is 0.544. The van der Waals surface area contributed by atoms with Gasteiger partial charge in [0.25, 0.3) is 0 Å². The summed E-state index contributed by atoms with van der Waals surface area (Å²) in [5.41, 5.74) is 1.88. The Balaban J connectivity index is 1.65. The monoisotopic (exact) mass is 340 g/mol. The Bertz CT molecular complexity index is 669. The van der Waals surface area contributed by atoms with Crippen LogP contribution in [0.1, 0.15) is 25.3 Å². The Morgan fingerprint density at radius 3 is 2.36 bits per heavy atom. The van der Waals surface area contributed by atoms with Crippen molar-refractivity contribution < 1.29 is 14.3 Å². The molecule has 5 heteroatoms. The summed E-state index contributed by atoms with van der Waals surface area (Å²) < 4.78 is 5.34. The van der Waals surface area contributed by atoms with Crippen LogP contribution in [0.5, 0.6) is 5.75 Å². The first-order valence-electron chi connectivity index (χ1n) is 8.50. The van der Waals surface area contributed by atoms with Crippen molar-refractivity contribution in [2.75, 3.05) is 18.5 Å². The first kappa shape index (κ1) is 18.5. The smallest absolute Gasteiger partial charge is 0.233 e. The number of hydrogen-bond acceptors (Lipinski definition) is 3. The molecule has 0 spiro atoms. The molecule has 0 aliphatic carbocycles. The molecule has 0 unspecified atom stereocenters. The largest absolute Gasteiger partial charge is 0.494 e. The van der Waals surface area contributed by atoms with E-state index in [0.717, 1.165) is 18.6 Å². The third kappa shape index (κ3) is 7.08. The Morgan fingerprint density at radius 2 is 1.68 bits per heavy atom. The number of aryl methyl sites for hydroxylation is 1. The molecular formula is C20H24N2O3. The molecule has 2 N–H and O–H groups in total. The van der Waals surface area contributed by atoms with E-state index in [9.17, 15) is 9.59 Å². The molecule has 2 amide bonds. The molecule has 2 aromatic carbocycles.